The van der Waals surface area contributed by atoms with Crippen molar-refractivity contribution in [2.75, 3.05) is 6.16 Å². The van der Waals surface area contributed by atoms with Crippen LogP contribution in [0.15, 0.2) is 27.8 Å². The summed E-state index contributed by atoms with van der Waals surface area (Å²) in [6.07, 6.45) is -0.623. The van der Waals surface area contributed by atoms with Gasteiger partial charge in [-0.05, 0) is 6.07 Å². The quantitative estimate of drug-likeness (QED) is 0.304. The van der Waals surface area contributed by atoms with E-state index in [0.717, 1.165) is 16.7 Å². The van der Waals surface area contributed by atoms with Gasteiger partial charge in [-0.3, -0.25) is 24.3 Å². The van der Waals surface area contributed by atoms with Crippen LogP contribution in [0.2, 0.25) is 0 Å². The molecule has 21 heavy (non-hydrogen) atoms. The van der Waals surface area contributed by atoms with Crippen molar-refractivity contribution in [3.63, 3.8) is 0 Å². The summed E-state index contributed by atoms with van der Waals surface area (Å²) in [4.78, 5) is 53.2. The Kier molecular flexibility index (Phi) is 3.77. The largest absolute Gasteiger partial charge is 0.327 e. The lowest BCUT2D eigenvalue weighted by molar-refractivity contribution is -0.384. The first kappa shape index (κ1) is 15.1. The van der Waals surface area contributed by atoms with Crippen molar-refractivity contribution >= 4 is 24.3 Å². The molecule has 0 aliphatic heterocycles. The Bertz CT molecular complexity index is 878. The lowest BCUT2D eigenvalue weighted by Gasteiger charge is -2.10. The molecular weight excluding hydrogens is 305 g/mol. The summed E-state index contributed by atoms with van der Waals surface area (Å²) in [5, 5.41) is 10.7. The van der Waals surface area contributed by atoms with E-state index in [4.69, 9.17) is 9.79 Å². The molecule has 11 heteroatoms. The number of aryl methyl sites for hydroxylation is 1. The normalized spacial score (nSPS) is 11.7. The van der Waals surface area contributed by atoms with Gasteiger partial charge in [0.25, 0.3) is 5.69 Å². The first-order chi connectivity index (χ1) is 9.69. The van der Waals surface area contributed by atoms with Crippen LogP contribution in [0, 0.1) is 10.1 Å². The predicted molar refractivity (Wildman–Crippen MR) is 72.4 cm³/mol. The second-order valence-electron chi connectivity index (χ2n) is 4.26. The van der Waals surface area contributed by atoms with Crippen LogP contribution in [0.4, 0.5) is 5.69 Å². The van der Waals surface area contributed by atoms with Gasteiger partial charge in [-0.15, -0.1) is 0 Å². The molecule has 0 amide bonds. The van der Waals surface area contributed by atoms with Gasteiger partial charge >= 0.3 is 18.7 Å². The van der Waals surface area contributed by atoms with Gasteiger partial charge in [-0.1, -0.05) is 0 Å². The molecular formula is C10H10N3O7P. The Balaban J connectivity index is 2.65. The maximum Gasteiger partial charge on any atom is 0.327 e. The highest BCUT2D eigenvalue weighted by atomic mass is 31.2. The van der Waals surface area contributed by atoms with E-state index in [1.165, 1.54) is 6.07 Å². The van der Waals surface area contributed by atoms with Crippen LogP contribution in [-0.4, -0.2) is 30.4 Å². The highest BCUT2D eigenvalue weighted by Gasteiger charge is 2.16. The zero-order valence-electron chi connectivity index (χ0n) is 10.4. The number of hydrogen-bond acceptors (Lipinski definition) is 5. The van der Waals surface area contributed by atoms with Gasteiger partial charge in [-0.25, -0.2) is 0 Å². The zero-order valence-corrected chi connectivity index (χ0v) is 11.3. The molecule has 1 aromatic carbocycles. The van der Waals surface area contributed by atoms with E-state index in [9.17, 15) is 24.3 Å². The minimum absolute atomic E-state index is 0.0412. The van der Waals surface area contributed by atoms with Crippen molar-refractivity contribution in [3.8, 4) is 0 Å². The number of nitrogens with one attached hydrogen (secondary N) is 1. The SMILES string of the molecule is O=c1[nH]c2cc([N+](=O)[O-])ccc2n(CCP(=O)(O)O)c1=O. The number of rotatable bonds is 4. The minimum atomic E-state index is -4.35. The molecule has 1 heterocycles. The van der Waals surface area contributed by atoms with Gasteiger partial charge in [0.15, 0.2) is 0 Å². The number of aromatic amines is 1. The molecule has 0 spiro atoms. The van der Waals surface area contributed by atoms with Crippen LogP contribution < -0.4 is 11.1 Å². The van der Waals surface area contributed by atoms with Crippen molar-refractivity contribution in [1.82, 2.24) is 9.55 Å². The molecule has 0 fully saturated rings. The highest BCUT2D eigenvalue weighted by molar-refractivity contribution is 7.51. The Morgan fingerprint density at radius 3 is 2.57 bits per heavy atom. The van der Waals surface area contributed by atoms with E-state index in [2.05, 4.69) is 4.98 Å². The van der Waals surface area contributed by atoms with Gasteiger partial charge < -0.3 is 19.3 Å². The number of benzene rings is 1. The molecule has 0 bridgehead atoms. The van der Waals surface area contributed by atoms with Gasteiger partial charge in [0.2, 0.25) is 0 Å². The third-order valence-electron chi connectivity index (χ3n) is 2.78. The fourth-order valence-electron chi connectivity index (χ4n) is 1.83. The van der Waals surface area contributed by atoms with Crippen LogP contribution >= 0.6 is 7.60 Å². The average molecular weight is 315 g/mol. The number of nitrogens with zero attached hydrogens (tertiary/aromatic N) is 2. The summed E-state index contributed by atoms with van der Waals surface area (Å²) in [7, 11) is -4.35. The molecule has 0 radical (unpaired) electrons. The Hall–Kier alpha value is -2.29. The van der Waals surface area contributed by atoms with E-state index < -0.39 is 29.8 Å². The number of H-pyrrole nitrogens is 1. The zero-order chi connectivity index (χ0) is 15.8. The summed E-state index contributed by atoms with van der Waals surface area (Å²) >= 11 is 0. The van der Waals surface area contributed by atoms with Gasteiger partial charge in [0, 0.05) is 18.7 Å². The Labute approximate surface area is 116 Å². The summed E-state index contributed by atoms with van der Waals surface area (Å²) < 4.78 is 11.8. The van der Waals surface area contributed by atoms with Crippen LogP contribution in [-0.2, 0) is 11.1 Å². The molecule has 0 saturated heterocycles. The predicted octanol–water partition coefficient (Wildman–Crippen LogP) is -0.224. The Morgan fingerprint density at radius 2 is 2.00 bits per heavy atom. The Morgan fingerprint density at radius 1 is 1.33 bits per heavy atom. The fraction of sp³-hybridized carbons (Fsp3) is 0.200. The number of nitro groups is 1. The molecule has 0 saturated carbocycles. The van der Waals surface area contributed by atoms with Gasteiger partial charge in [0.1, 0.15) is 0 Å². The molecule has 0 atom stereocenters. The summed E-state index contributed by atoms with van der Waals surface area (Å²) in [6.45, 7) is -0.374. The number of aromatic nitrogens is 2. The minimum Gasteiger partial charge on any atom is -0.324 e. The maximum absolute atomic E-state index is 11.8. The lowest BCUT2D eigenvalue weighted by atomic mass is 10.2. The summed E-state index contributed by atoms with van der Waals surface area (Å²) in [6, 6.07) is 3.45. The van der Waals surface area contributed by atoms with E-state index in [0.29, 0.717) is 0 Å². The molecule has 0 unspecified atom stereocenters. The molecule has 1 aromatic heterocycles. The van der Waals surface area contributed by atoms with E-state index in [1.807, 2.05) is 0 Å². The van der Waals surface area contributed by atoms with Crippen molar-refractivity contribution in [2.45, 2.75) is 6.54 Å². The molecule has 10 nitrogen and oxygen atoms in total. The third kappa shape index (κ3) is 3.24. The number of fused-ring (bicyclic) bond motifs is 1. The van der Waals surface area contributed by atoms with Crippen molar-refractivity contribution in [1.29, 1.82) is 0 Å². The second kappa shape index (κ2) is 5.24. The average Bonchev–Trinajstić information content (AvgIpc) is 2.37. The molecule has 2 rings (SSSR count). The fourth-order valence-corrected chi connectivity index (χ4v) is 2.29. The van der Waals surface area contributed by atoms with Crippen LogP contribution in [0.1, 0.15) is 0 Å². The molecule has 2 aromatic rings. The monoisotopic (exact) mass is 315 g/mol. The molecule has 0 aliphatic rings. The van der Waals surface area contributed by atoms with Crippen LogP contribution in [0.25, 0.3) is 11.0 Å². The van der Waals surface area contributed by atoms with E-state index in [-0.39, 0.29) is 23.3 Å². The van der Waals surface area contributed by atoms with E-state index in [1.54, 1.807) is 0 Å². The van der Waals surface area contributed by atoms with Crippen molar-refractivity contribution in [2.24, 2.45) is 0 Å². The van der Waals surface area contributed by atoms with E-state index >= 15 is 0 Å². The number of nitro benzene ring substituents is 1. The number of non-ortho nitro benzene ring substituents is 1. The second-order valence-corrected chi connectivity index (χ2v) is 6.03. The summed E-state index contributed by atoms with van der Waals surface area (Å²) in [5.74, 6) is 0. The van der Waals surface area contributed by atoms with Crippen molar-refractivity contribution in [3.05, 3.63) is 49.0 Å². The van der Waals surface area contributed by atoms with Crippen LogP contribution in [0.3, 0.4) is 0 Å². The first-order valence-corrected chi connectivity index (χ1v) is 7.44. The van der Waals surface area contributed by atoms with Gasteiger partial charge in [-0.2, -0.15) is 0 Å². The van der Waals surface area contributed by atoms with Gasteiger partial charge in [0.05, 0.1) is 22.1 Å². The third-order valence-corrected chi connectivity index (χ3v) is 3.57. The molecule has 112 valence electrons. The molecule has 0 aliphatic carbocycles. The highest BCUT2D eigenvalue weighted by Crippen LogP contribution is 2.34. The first-order valence-electron chi connectivity index (χ1n) is 5.65. The summed E-state index contributed by atoms with van der Waals surface area (Å²) in [5.41, 5.74) is -2.09. The standard InChI is InChI=1S/C10H10N3O7P/c14-9-10(15)12(3-4-21(18,19)20)8-2-1-6(13(16)17)5-7(8)11-9/h1-2,5H,3-4H2,(H,11,14)(H2,18,19,20). The maximum atomic E-state index is 11.8. The van der Waals surface area contributed by atoms with Crippen LogP contribution in [0.5, 0.6) is 0 Å². The van der Waals surface area contributed by atoms with Crippen molar-refractivity contribution < 1.29 is 19.3 Å². The molecule has 3 N–H and O–H groups in total. The smallest absolute Gasteiger partial charge is 0.324 e. The lowest BCUT2D eigenvalue weighted by Crippen LogP contribution is -2.37. The topological polar surface area (TPSA) is 156 Å². The number of hydrogen-bond donors (Lipinski definition) is 3.